The van der Waals surface area contributed by atoms with Gasteiger partial charge in [0, 0.05) is 13.1 Å². The van der Waals surface area contributed by atoms with E-state index in [-0.39, 0.29) is 5.91 Å². The quantitative estimate of drug-likeness (QED) is 0.900. The molecule has 1 aromatic heterocycles. The van der Waals surface area contributed by atoms with Crippen molar-refractivity contribution in [2.75, 3.05) is 32.6 Å². The summed E-state index contributed by atoms with van der Waals surface area (Å²) in [4.78, 5) is 18.5. The van der Waals surface area contributed by atoms with Gasteiger partial charge < -0.3 is 14.8 Å². The molecule has 0 bridgehead atoms. The van der Waals surface area contributed by atoms with Gasteiger partial charge in [-0.05, 0) is 36.6 Å². The summed E-state index contributed by atoms with van der Waals surface area (Å²) in [6.07, 6.45) is 0.891. The molecule has 3 rings (SSSR count). The molecule has 1 aromatic carbocycles. The van der Waals surface area contributed by atoms with Crippen LogP contribution in [0.15, 0.2) is 17.6 Å². The SMILES string of the molecule is COc1cc2c(cc1OC)CN(CC(=O)Nc1scnc1C)CC2. The third-order valence-corrected chi connectivity index (χ3v) is 5.01. The minimum Gasteiger partial charge on any atom is -0.493 e. The first-order valence-electron chi connectivity index (χ1n) is 7.76. The average Bonchev–Trinajstić information content (AvgIpc) is 2.98. The molecule has 1 aliphatic rings. The summed E-state index contributed by atoms with van der Waals surface area (Å²) in [5.41, 5.74) is 5.03. The summed E-state index contributed by atoms with van der Waals surface area (Å²) in [5, 5.41) is 3.76. The molecule has 6 nitrogen and oxygen atoms in total. The number of nitrogens with one attached hydrogen (secondary N) is 1. The fourth-order valence-electron chi connectivity index (χ4n) is 2.87. The lowest BCUT2D eigenvalue weighted by molar-refractivity contribution is -0.117. The van der Waals surface area contributed by atoms with Gasteiger partial charge >= 0.3 is 0 Å². The highest BCUT2D eigenvalue weighted by molar-refractivity contribution is 7.14. The van der Waals surface area contributed by atoms with Crippen molar-refractivity contribution in [3.05, 3.63) is 34.5 Å². The van der Waals surface area contributed by atoms with E-state index in [4.69, 9.17) is 9.47 Å². The lowest BCUT2D eigenvalue weighted by Crippen LogP contribution is -2.37. The number of aryl methyl sites for hydroxylation is 1. The zero-order valence-corrected chi connectivity index (χ0v) is 14.9. The van der Waals surface area contributed by atoms with E-state index in [1.807, 2.05) is 19.1 Å². The van der Waals surface area contributed by atoms with Gasteiger partial charge in [-0.25, -0.2) is 4.98 Å². The number of ether oxygens (including phenoxy) is 2. The zero-order chi connectivity index (χ0) is 17.1. The Kier molecular flexibility index (Phi) is 5.01. The van der Waals surface area contributed by atoms with E-state index in [1.165, 1.54) is 22.5 Å². The number of rotatable bonds is 5. The minimum atomic E-state index is -0.00808. The van der Waals surface area contributed by atoms with Crippen molar-refractivity contribution in [3.63, 3.8) is 0 Å². The number of methoxy groups -OCH3 is 2. The monoisotopic (exact) mass is 347 g/mol. The molecule has 2 heterocycles. The van der Waals surface area contributed by atoms with Gasteiger partial charge in [-0.15, -0.1) is 11.3 Å². The lowest BCUT2D eigenvalue weighted by atomic mass is 9.99. The largest absolute Gasteiger partial charge is 0.493 e. The number of carbonyl (C=O) groups is 1. The van der Waals surface area contributed by atoms with E-state index in [0.29, 0.717) is 6.54 Å². The highest BCUT2D eigenvalue weighted by Crippen LogP contribution is 2.33. The topological polar surface area (TPSA) is 63.7 Å². The molecule has 24 heavy (non-hydrogen) atoms. The molecule has 2 aromatic rings. The number of anilines is 1. The van der Waals surface area contributed by atoms with Gasteiger partial charge in [-0.1, -0.05) is 0 Å². The van der Waals surface area contributed by atoms with Crippen molar-refractivity contribution in [1.29, 1.82) is 0 Å². The molecular weight excluding hydrogens is 326 g/mol. The van der Waals surface area contributed by atoms with Crippen LogP contribution in [-0.4, -0.2) is 43.1 Å². The molecule has 0 aliphatic carbocycles. The Labute approximate surface area is 145 Å². The van der Waals surface area contributed by atoms with Crippen LogP contribution in [0.2, 0.25) is 0 Å². The van der Waals surface area contributed by atoms with Crippen molar-refractivity contribution in [1.82, 2.24) is 9.88 Å². The zero-order valence-electron chi connectivity index (χ0n) is 14.1. The first-order chi connectivity index (χ1) is 11.6. The van der Waals surface area contributed by atoms with Crippen LogP contribution in [0.1, 0.15) is 16.8 Å². The standard InChI is InChI=1S/C17H21N3O3S/c1-11-17(24-10-18-11)19-16(21)9-20-5-4-12-6-14(22-2)15(23-3)7-13(12)8-20/h6-7,10H,4-5,8-9H2,1-3H3,(H,19,21). The van der Waals surface area contributed by atoms with E-state index in [2.05, 4.69) is 15.2 Å². The maximum Gasteiger partial charge on any atom is 0.239 e. The van der Waals surface area contributed by atoms with E-state index < -0.39 is 0 Å². The number of thiazole rings is 1. The first kappa shape index (κ1) is 16.7. The van der Waals surface area contributed by atoms with Gasteiger partial charge in [0.25, 0.3) is 0 Å². The van der Waals surface area contributed by atoms with Crippen molar-refractivity contribution in [2.45, 2.75) is 19.9 Å². The second-order valence-corrected chi connectivity index (χ2v) is 6.61. The summed E-state index contributed by atoms with van der Waals surface area (Å²) >= 11 is 1.45. The average molecular weight is 347 g/mol. The third-order valence-electron chi connectivity index (χ3n) is 4.16. The van der Waals surface area contributed by atoms with E-state index in [1.54, 1.807) is 19.7 Å². The Balaban J connectivity index is 1.66. The van der Waals surface area contributed by atoms with Crippen LogP contribution in [0, 0.1) is 6.92 Å². The van der Waals surface area contributed by atoms with Gasteiger partial charge in [0.2, 0.25) is 5.91 Å². The van der Waals surface area contributed by atoms with Crippen molar-refractivity contribution < 1.29 is 14.3 Å². The fraction of sp³-hybridized carbons (Fsp3) is 0.412. The molecule has 0 saturated heterocycles. The maximum atomic E-state index is 12.2. The molecule has 1 aliphatic heterocycles. The van der Waals surface area contributed by atoms with E-state index in [9.17, 15) is 4.79 Å². The molecule has 0 fully saturated rings. The molecule has 0 saturated carbocycles. The number of aromatic nitrogens is 1. The number of hydrogen-bond donors (Lipinski definition) is 1. The Morgan fingerprint density at radius 1 is 1.29 bits per heavy atom. The molecule has 0 radical (unpaired) electrons. The number of nitrogens with zero attached hydrogens (tertiary/aromatic N) is 2. The first-order valence-corrected chi connectivity index (χ1v) is 8.64. The van der Waals surface area contributed by atoms with Crippen LogP contribution in [0.3, 0.4) is 0 Å². The van der Waals surface area contributed by atoms with Crippen LogP contribution < -0.4 is 14.8 Å². The third kappa shape index (κ3) is 3.52. The molecule has 1 amide bonds. The van der Waals surface area contributed by atoms with Gasteiger partial charge in [0.1, 0.15) is 5.00 Å². The Morgan fingerprint density at radius 3 is 2.62 bits per heavy atom. The summed E-state index contributed by atoms with van der Waals surface area (Å²) < 4.78 is 10.7. The maximum absolute atomic E-state index is 12.2. The molecule has 0 spiro atoms. The lowest BCUT2D eigenvalue weighted by Gasteiger charge is -2.28. The van der Waals surface area contributed by atoms with Crippen LogP contribution in [0.5, 0.6) is 11.5 Å². The van der Waals surface area contributed by atoms with Crippen LogP contribution >= 0.6 is 11.3 Å². The number of benzene rings is 1. The van der Waals surface area contributed by atoms with Gasteiger partial charge in [0.05, 0.1) is 32.0 Å². The van der Waals surface area contributed by atoms with Crippen LogP contribution in [-0.2, 0) is 17.8 Å². The summed E-state index contributed by atoms with van der Waals surface area (Å²) in [7, 11) is 3.28. The van der Waals surface area contributed by atoms with Crippen molar-refractivity contribution in [3.8, 4) is 11.5 Å². The predicted octanol–water partition coefficient (Wildman–Crippen LogP) is 2.47. The molecule has 1 N–H and O–H groups in total. The van der Waals surface area contributed by atoms with Crippen LogP contribution in [0.25, 0.3) is 0 Å². The molecule has 0 unspecified atom stereocenters. The molecule has 128 valence electrons. The van der Waals surface area contributed by atoms with Gasteiger partial charge in [-0.2, -0.15) is 0 Å². The van der Waals surface area contributed by atoms with Crippen molar-refractivity contribution in [2.24, 2.45) is 0 Å². The van der Waals surface area contributed by atoms with Gasteiger partial charge in [0.15, 0.2) is 11.5 Å². The Bertz CT molecular complexity index is 745. The molecule has 7 heteroatoms. The van der Waals surface area contributed by atoms with Crippen LogP contribution in [0.4, 0.5) is 5.00 Å². The van der Waals surface area contributed by atoms with Crippen molar-refractivity contribution >= 4 is 22.2 Å². The second kappa shape index (κ2) is 7.19. The number of hydrogen-bond acceptors (Lipinski definition) is 6. The Hall–Kier alpha value is -2.12. The smallest absolute Gasteiger partial charge is 0.239 e. The molecular formula is C17H21N3O3S. The summed E-state index contributed by atoms with van der Waals surface area (Å²) in [5.74, 6) is 1.47. The Morgan fingerprint density at radius 2 is 2.00 bits per heavy atom. The number of fused-ring (bicyclic) bond motifs is 1. The minimum absolute atomic E-state index is 0.00808. The predicted molar refractivity (Wildman–Crippen MR) is 94.0 cm³/mol. The van der Waals surface area contributed by atoms with Gasteiger partial charge in [-0.3, -0.25) is 9.69 Å². The second-order valence-electron chi connectivity index (χ2n) is 5.75. The number of amides is 1. The van der Waals surface area contributed by atoms with E-state index in [0.717, 1.165) is 41.7 Å². The highest BCUT2D eigenvalue weighted by atomic mass is 32.1. The summed E-state index contributed by atoms with van der Waals surface area (Å²) in [6, 6.07) is 4.04. The normalized spacial score (nSPS) is 14.1. The fourth-order valence-corrected chi connectivity index (χ4v) is 3.58. The highest BCUT2D eigenvalue weighted by Gasteiger charge is 2.21. The van der Waals surface area contributed by atoms with E-state index >= 15 is 0 Å². The molecule has 0 atom stereocenters. The summed E-state index contributed by atoms with van der Waals surface area (Å²) in [6.45, 7) is 3.83. The number of carbonyl (C=O) groups excluding carboxylic acids is 1.